The number of pyridine rings is 1. The van der Waals surface area contributed by atoms with Crippen LogP contribution in [0.25, 0.3) is 10.9 Å². The Bertz CT molecular complexity index is 717. The Hall–Kier alpha value is -2.14. The normalized spacial score (nSPS) is 14.4. The van der Waals surface area contributed by atoms with Crippen LogP contribution in [0, 0.1) is 5.92 Å². The fourth-order valence-corrected chi connectivity index (χ4v) is 2.28. The molecule has 0 radical (unpaired) electrons. The van der Waals surface area contributed by atoms with E-state index in [0.29, 0.717) is 17.8 Å². The third kappa shape index (κ3) is 2.58. The van der Waals surface area contributed by atoms with Gasteiger partial charge in [-0.25, -0.2) is 0 Å². The molecule has 20 heavy (non-hydrogen) atoms. The fourth-order valence-electron chi connectivity index (χ4n) is 2.28. The van der Waals surface area contributed by atoms with Crippen molar-refractivity contribution in [2.24, 2.45) is 5.92 Å². The number of ether oxygens (including phenoxy) is 1. The lowest BCUT2D eigenvalue weighted by molar-refractivity contribution is -0.117. The number of carbonyl (C=O) groups excluding carboxylic acids is 1. The highest BCUT2D eigenvalue weighted by Crippen LogP contribution is 2.30. The summed E-state index contributed by atoms with van der Waals surface area (Å²) in [7, 11) is 1.59. The third-order valence-corrected chi connectivity index (χ3v) is 3.44. The number of carbonyl (C=O) groups is 1. The molecule has 0 atom stereocenters. The molecule has 0 bridgehead atoms. The standard InChI is InChI=1S/C15H16N2O3/c1-20-8-10-6-14(18)17-13-7-11(4-5-12(10)13)16-15(19)9-2-3-9/h4-7,9H,2-3,8H2,1H3,(H,16,19)(H,17,18). The van der Waals surface area contributed by atoms with Gasteiger partial charge in [0, 0.05) is 30.2 Å². The van der Waals surface area contributed by atoms with Gasteiger partial charge < -0.3 is 15.0 Å². The molecule has 5 heteroatoms. The molecule has 1 saturated carbocycles. The minimum absolute atomic E-state index is 0.0553. The van der Waals surface area contributed by atoms with Gasteiger partial charge in [0.2, 0.25) is 11.5 Å². The zero-order chi connectivity index (χ0) is 14.1. The molecular weight excluding hydrogens is 256 g/mol. The van der Waals surface area contributed by atoms with E-state index in [1.807, 2.05) is 12.1 Å². The van der Waals surface area contributed by atoms with E-state index in [1.54, 1.807) is 13.2 Å². The SMILES string of the molecule is COCc1cc(=O)[nH]c2cc(NC(=O)C3CC3)ccc12. The Morgan fingerprint density at radius 1 is 1.40 bits per heavy atom. The lowest BCUT2D eigenvalue weighted by Crippen LogP contribution is -2.13. The molecule has 1 aliphatic carbocycles. The fraction of sp³-hybridized carbons (Fsp3) is 0.333. The highest BCUT2D eigenvalue weighted by molar-refractivity contribution is 5.96. The molecule has 0 saturated heterocycles. The van der Waals surface area contributed by atoms with E-state index < -0.39 is 0 Å². The van der Waals surface area contributed by atoms with Gasteiger partial charge in [-0.3, -0.25) is 9.59 Å². The second-order valence-electron chi connectivity index (χ2n) is 5.12. The molecule has 1 aromatic carbocycles. The van der Waals surface area contributed by atoms with Gasteiger partial charge in [-0.15, -0.1) is 0 Å². The second-order valence-corrected chi connectivity index (χ2v) is 5.12. The maximum absolute atomic E-state index is 11.7. The van der Waals surface area contributed by atoms with Crippen molar-refractivity contribution in [2.75, 3.05) is 12.4 Å². The van der Waals surface area contributed by atoms with Crippen molar-refractivity contribution in [2.45, 2.75) is 19.4 Å². The molecule has 2 N–H and O–H groups in total. The molecule has 1 aromatic heterocycles. The summed E-state index contributed by atoms with van der Waals surface area (Å²) in [6, 6.07) is 7.06. The summed E-state index contributed by atoms with van der Waals surface area (Å²) in [6.07, 6.45) is 1.93. The molecule has 2 aromatic rings. The van der Waals surface area contributed by atoms with Gasteiger partial charge in [0.15, 0.2) is 0 Å². The minimum Gasteiger partial charge on any atom is -0.380 e. The van der Waals surface area contributed by atoms with Crippen molar-refractivity contribution in [3.8, 4) is 0 Å². The Morgan fingerprint density at radius 2 is 2.20 bits per heavy atom. The number of hydrogen-bond donors (Lipinski definition) is 2. The number of nitrogens with one attached hydrogen (secondary N) is 2. The first kappa shape index (κ1) is 12.9. The number of methoxy groups -OCH3 is 1. The Labute approximate surface area is 116 Å². The van der Waals surface area contributed by atoms with E-state index in [-0.39, 0.29) is 17.4 Å². The number of benzene rings is 1. The van der Waals surface area contributed by atoms with Crippen molar-refractivity contribution in [3.05, 3.63) is 40.2 Å². The predicted octanol–water partition coefficient (Wildman–Crippen LogP) is 2.02. The van der Waals surface area contributed by atoms with Crippen molar-refractivity contribution >= 4 is 22.5 Å². The summed E-state index contributed by atoms with van der Waals surface area (Å²) < 4.78 is 5.10. The maximum atomic E-state index is 11.7. The summed E-state index contributed by atoms with van der Waals surface area (Å²) in [5.41, 5.74) is 2.08. The topological polar surface area (TPSA) is 71.2 Å². The molecule has 0 spiro atoms. The first-order valence-corrected chi connectivity index (χ1v) is 6.63. The number of aromatic amines is 1. The lowest BCUT2D eigenvalue weighted by Gasteiger charge is -2.08. The van der Waals surface area contributed by atoms with Gasteiger partial charge in [0.1, 0.15) is 0 Å². The molecule has 1 heterocycles. The van der Waals surface area contributed by atoms with Crippen molar-refractivity contribution in [3.63, 3.8) is 0 Å². The number of amides is 1. The van der Waals surface area contributed by atoms with Crippen LogP contribution in [-0.2, 0) is 16.1 Å². The third-order valence-electron chi connectivity index (χ3n) is 3.44. The smallest absolute Gasteiger partial charge is 0.248 e. The highest BCUT2D eigenvalue weighted by Gasteiger charge is 2.29. The van der Waals surface area contributed by atoms with E-state index >= 15 is 0 Å². The van der Waals surface area contributed by atoms with Crippen LogP contribution in [0.2, 0.25) is 0 Å². The second kappa shape index (κ2) is 5.09. The van der Waals surface area contributed by atoms with E-state index in [1.165, 1.54) is 6.07 Å². The van der Waals surface area contributed by atoms with Crippen LogP contribution < -0.4 is 10.9 Å². The summed E-state index contributed by atoms with van der Waals surface area (Å²) in [5, 5.41) is 3.80. The van der Waals surface area contributed by atoms with Gasteiger partial charge in [-0.2, -0.15) is 0 Å². The molecule has 0 unspecified atom stereocenters. The molecule has 104 valence electrons. The molecule has 5 nitrogen and oxygen atoms in total. The van der Waals surface area contributed by atoms with Crippen LogP contribution in [0.15, 0.2) is 29.1 Å². The Kier molecular flexibility index (Phi) is 3.28. The summed E-state index contributed by atoms with van der Waals surface area (Å²) >= 11 is 0. The first-order valence-electron chi connectivity index (χ1n) is 6.63. The molecule has 1 amide bonds. The van der Waals surface area contributed by atoms with Crippen molar-refractivity contribution in [1.29, 1.82) is 0 Å². The van der Waals surface area contributed by atoms with Crippen LogP contribution in [0.1, 0.15) is 18.4 Å². The van der Waals surface area contributed by atoms with Gasteiger partial charge in [-0.1, -0.05) is 6.07 Å². The lowest BCUT2D eigenvalue weighted by atomic mass is 10.1. The van der Waals surface area contributed by atoms with Crippen LogP contribution >= 0.6 is 0 Å². The van der Waals surface area contributed by atoms with E-state index in [2.05, 4.69) is 10.3 Å². The average Bonchev–Trinajstić information content (AvgIpc) is 3.22. The monoisotopic (exact) mass is 272 g/mol. The molecular formula is C15H16N2O3. The van der Waals surface area contributed by atoms with Gasteiger partial charge in [0.05, 0.1) is 12.1 Å². The minimum atomic E-state index is -0.171. The highest BCUT2D eigenvalue weighted by atomic mass is 16.5. The van der Waals surface area contributed by atoms with Crippen molar-refractivity contribution in [1.82, 2.24) is 4.98 Å². The zero-order valence-corrected chi connectivity index (χ0v) is 11.2. The Morgan fingerprint density at radius 3 is 2.90 bits per heavy atom. The van der Waals surface area contributed by atoms with Crippen LogP contribution in [0.5, 0.6) is 0 Å². The average molecular weight is 272 g/mol. The first-order chi connectivity index (χ1) is 9.67. The number of anilines is 1. The van der Waals surface area contributed by atoms with Gasteiger partial charge >= 0.3 is 0 Å². The predicted molar refractivity (Wildman–Crippen MR) is 76.6 cm³/mol. The maximum Gasteiger partial charge on any atom is 0.248 e. The number of H-pyrrole nitrogens is 1. The zero-order valence-electron chi connectivity index (χ0n) is 11.2. The molecule has 1 fully saturated rings. The van der Waals surface area contributed by atoms with E-state index in [0.717, 1.165) is 23.8 Å². The number of rotatable bonds is 4. The van der Waals surface area contributed by atoms with Crippen LogP contribution in [0.4, 0.5) is 5.69 Å². The molecule has 0 aliphatic heterocycles. The van der Waals surface area contributed by atoms with E-state index in [9.17, 15) is 9.59 Å². The van der Waals surface area contributed by atoms with Gasteiger partial charge in [-0.05, 0) is 30.5 Å². The van der Waals surface area contributed by atoms with Crippen LogP contribution in [0.3, 0.4) is 0 Å². The van der Waals surface area contributed by atoms with Crippen molar-refractivity contribution < 1.29 is 9.53 Å². The molecule has 1 aliphatic rings. The van der Waals surface area contributed by atoms with E-state index in [4.69, 9.17) is 4.74 Å². The van der Waals surface area contributed by atoms with Crippen LogP contribution in [-0.4, -0.2) is 18.0 Å². The summed E-state index contributed by atoms with van der Waals surface area (Å²) in [6.45, 7) is 0.383. The number of fused-ring (bicyclic) bond motifs is 1. The largest absolute Gasteiger partial charge is 0.380 e. The number of hydrogen-bond acceptors (Lipinski definition) is 3. The number of aromatic nitrogens is 1. The summed E-state index contributed by atoms with van der Waals surface area (Å²) in [4.78, 5) is 26.2. The quantitative estimate of drug-likeness (QED) is 0.894. The Balaban J connectivity index is 1.97. The molecule has 3 rings (SSSR count). The van der Waals surface area contributed by atoms with Gasteiger partial charge in [0.25, 0.3) is 0 Å². The summed E-state index contributed by atoms with van der Waals surface area (Å²) in [5.74, 6) is 0.212.